The zero-order valence-electron chi connectivity index (χ0n) is 21.5. The largest absolute Gasteiger partial charge is 0.497 e. The number of nitrogens with zero attached hydrogens (tertiary/aromatic N) is 3. The molecule has 0 bridgehead atoms. The van der Waals surface area contributed by atoms with E-state index in [4.69, 9.17) is 9.47 Å². The molecule has 36 heavy (non-hydrogen) atoms. The molecule has 2 aliphatic heterocycles. The summed E-state index contributed by atoms with van der Waals surface area (Å²) in [6.07, 6.45) is 8.01. The van der Waals surface area contributed by atoms with E-state index in [0.717, 1.165) is 45.2 Å². The summed E-state index contributed by atoms with van der Waals surface area (Å²) in [5.74, 6) is 1.04. The highest BCUT2D eigenvalue weighted by Gasteiger charge is 2.36. The minimum atomic E-state index is -3.70. The number of hydrogen-bond acceptors (Lipinski definition) is 6. The maximum atomic E-state index is 13.7. The number of ether oxygens (including phenoxy) is 2. The fraction of sp³-hybridized carbons (Fsp3) is 0.556. The van der Waals surface area contributed by atoms with Gasteiger partial charge in [0.25, 0.3) is 0 Å². The molecule has 1 aromatic carbocycles. The molecule has 2 fully saturated rings. The van der Waals surface area contributed by atoms with E-state index < -0.39 is 10.0 Å². The Morgan fingerprint density at radius 2 is 1.92 bits per heavy atom. The molecule has 3 heterocycles. The normalized spacial score (nSPS) is 21.0. The smallest absolute Gasteiger partial charge is 0.248 e. The van der Waals surface area contributed by atoms with E-state index in [2.05, 4.69) is 11.1 Å². The standard InChI is InChI=1S/C27H37N3O5S/c1-20-13-25(34-3)14-21(2)27(20)36(32,33)30-11-5-4-8-24(30)18-35-19-26(31)29-12-9-23(17-29)15-22-7-6-10-28-16-22/h6-7,10,13-14,16,23-24H,4-5,8-9,11-12,15,17-19H2,1-3H3. The molecule has 1 aromatic heterocycles. The average molecular weight is 516 g/mol. The van der Waals surface area contributed by atoms with Gasteiger partial charge >= 0.3 is 0 Å². The first-order chi connectivity index (χ1) is 17.3. The molecule has 0 saturated carbocycles. The van der Waals surface area contributed by atoms with Crippen LogP contribution in [0.5, 0.6) is 5.75 Å². The van der Waals surface area contributed by atoms with Crippen molar-refractivity contribution in [3.05, 3.63) is 53.3 Å². The van der Waals surface area contributed by atoms with Crippen LogP contribution in [0.15, 0.2) is 41.6 Å². The molecule has 196 valence electrons. The lowest BCUT2D eigenvalue weighted by molar-refractivity contribution is -0.135. The Kier molecular flexibility index (Phi) is 8.64. The summed E-state index contributed by atoms with van der Waals surface area (Å²) < 4.78 is 40.1. The second kappa shape index (κ2) is 11.7. The number of carbonyl (C=O) groups is 1. The van der Waals surface area contributed by atoms with Crippen molar-refractivity contribution in [2.24, 2.45) is 5.92 Å². The first-order valence-electron chi connectivity index (χ1n) is 12.7. The van der Waals surface area contributed by atoms with Gasteiger partial charge < -0.3 is 14.4 Å². The summed E-state index contributed by atoms with van der Waals surface area (Å²) in [5, 5.41) is 0. The molecular formula is C27H37N3O5S. The van der Waals surface area contributed by atoms with Crippen LogP contribution in [0.25, 0.3) is 0 Å². The number of sulfonamides is 1. The van der Waals surface area contributed by atoms with Crippen molar-refractivity contribution in [1.82, 2.24) is 14.2 Å². The van der Waals surface area contributed by atoms with Crippen molar-refractivity contribution in [3.8, 4) is 5.75 Å². The van der Waals surface area contributed by atoms with Gasteiger partial charge in [0, 0.05) is 38.1 Å². The van der Waals surface area contributed by atoms with Crippen LogP contribution in [0.2, 0.25) is 0 Å². The number of benzene rings is 1. The lowest BCUT2D eigenvalue weighted by atomic mass is 10.0. The second-order valence-corrected chi connectivity index (χ2v) is 11.8. The number of aromatic nitrogens is 1. The number of amides is 1. The third-order valence-electron chi connectivity index (χ3n) is 7.23. The Hall–Kier alpha value is -2.49. The monoisotopic (exact) mass is 515 g/mol. The van der Waals surface area contributed by atoms with Crippen LogP contribution in [-0.2, 0) is 26.0 Å². The van der Waals surface area contributed by atoms with Gasteiger partial charge in [-0.2, -0.15) is 4.31 Å². The summed E-state index contributed by atoms with van der Waals surface area (Å²) >= 11 is 0. The van der Waals surface area contributed by atoms with Crippen LogP contribution in [0, 0.1) is 19.8 Å². The van der Waals surface area contributed by atoms with E-state index in [-0.39, 0.29) is 25.2 Å². The van der Waals surface area contributed by atoms with E-state index in [9.17, 15) is 13.2 Å². The topological polar surface area (TPSA) is 89.0 Å². The Balaban J connectivity index is 1.34. The Bertz CT molecular complexity index is 1130. The van der Waals surface area contributed by atoms with Gasteiger partial charge in [-0.3, -0.25) is 9.78 Å². The molecule has 4 rings (SSSR count). The van der Waals surface area contributed by atoms with E-state index >= 15 is 0 Å². The van der Waals surface area contributed by atoms with Gasteiger partial charge in [-0.1, -0.05) is 12.5 Å². The third kappa shape index (κ3) is 6.07. The molecule has 0 spiro atoms. The fourth-order valence-corrected chi connectivity index (χ4v) is 7.56. The van der Waals surface area contributed by atoms with E-state index in [0.29, 0.717) is 34.2 Å². The van der Waals surface area contributed by atoms with Crippen molar-refractivity contribution in [2.75, 3.05) is 40.0 Å². The molecule has 9 heteroatoms. The molecule has 2 unspecified atom stereocenters. The number of piperidine rings is 1. The minimum Gasteiger partial charge on any atom is -0.497 e. The van der Waals surface area contributed by atoms with Gasteiger partial charge in [-0.05, 0) is 80.3 Å². The predicted molar refractivity (Wildman–Crippen MR) is 137 cm³/mol. The zero-order chi connectivity index (χ0) is 25.7. The molecule has 2 aliphatic rings. The number of rotatable bonds is 9. The highest BCUT2D eigenvalue weighted by atomic mass is 32.2. The van der Waals surface area contributed by atoms with Gasteiger partial charge in [0.05, 0.1) is 18.6 Å². The third-order valence-corrected chi connectivity index (χ3v) is 9.49. The van der Waals surface area contributed by atoms with Crippen LogP contribution < -0.4 is 4.74 Å². The predicted octanol–water partition coefficient (Wildman–Crippen LogP) is 3.36. The van der Waals surface area contributed by atoms with Crippen LogP contribution in [-0.4, -0.2) is 74.5 Å². The Morgan fingerprint density at radius 3 is 2.61 bits per heavy atom. The molecule has 2 aromatic rings. The first-order valence-corrected chi connectivity index (χ1v) is 14.1. The van der Waals surface area contributed by atoms with E-state index in [1.165, 1.54) is 5.56 Å². The lowest BCUT2D eigenvalue weighted by Crippen LogP contribution is -2.46. The van der Waals surface area contributed by atoms with Crippen molar-refractivity contribution in [1.29, 1.82) is 0 Å². The number of methoxy groups -OCH3 is 1. The summed E-state index contributed by atoms with van der Waals surface area (Å²) in [6.45, 7) is 5.69. The van der Waals surface area contributed by atoms with Gasteiger partial charge in [-0.15, -0.1) is 0 Å². The molecule has 1 amide bonds. The summed E-state index contributed by atoms with van der Waals surface area (Å²) in [7, 11) is -2.13. The maximum absolute atomic E-state index is 13.7. The molecule has 2 atom stereocenters. The number of hydrogen-bond donors (Lipinski definition) is 0. The van der Waals surface area contributed by atoms with E-state index in [1.807, 2.05) is 17.2 Å². The molecule has 0 aliphatic carbocycles. The highest BCUT2D eigenvalue weighted by molar-refractivity contribution is 7.89. The van der Waals surface area contributed by atoms with Crippen molar-refractivity contribution < 1.29 is 22.7 Å². The molecule has 0 radical (unpaired) electrons. The van der Waals surface area contributed by atoms with Gasteiger partial charge in [0.1, 0.15) is 12.4 Å². The van der Waals surface area contributed by atoms with Crippen molar-refractivity contribution >= 4 is 15.9 Å². The molecule has 2 saturated heterocycles. The second-order valence-electron chi connectivity index (χ2n) is 9.93. The summed E-state index contributed by atoms with van der Waals surface area (Å²) in [6, 6.07) is 7.23. The zero-order valence-corrected chi connectivity index (χ0v) is 22.3. The summed E-state index contributed by atoms with van der Waals surface area (Å²) in [4.78, 5) is 19.1. The SMILES string of the molecule is COc1cc(C)c(S(=O)(=O)N2CCCCC2COCC(=O)N2CCC(Cc3cccnc3)C2)c(C)c1. The lowest BCUT2D eigenvalue weighted by Gasteiger charge is -2.35. The molecule has 8 nitrogen and oxygen atoms in total. The van der Waals surface area contributed by atoms with Crippen molar-refractivity contribution in [3.63, 3.8) is 0 Å². The quantitative estimate of drug-likeness (QED) is 0.509. The number of likely N-dealkylation sites (tertiary alicyclic amines) is 1. The Labute approximate surface area is 214 Å². The maximum Gasteiger partial charge on any atom is 0.248 e. The highest BCUT2D eigenvalue weighted by Crippen LogP contribution is 2.32. The van der Waals surface area contributed by atoms with Crippen molar-refractivity contribution in [2.45, 2.75) is 56.9 Å². The fourth-order valence-electron chi connectivity index (χ4n) is 5.46. The van der Waals surface area contributed by atoms with E-state index in [1.54, 1.807) is 43.6 Å². The molecular weight excluding hydrogens is 478 g/mol. The first kappa shape index (κ1) is 26.6. The Morgan fingerprint density at radius 1 is 1.14 bits per heavy atom. The minimum absolute atomic E-state index is 0.0232. The van der Waals surface area contributed by atoms with Crippen LogP contribution in [0.1, 0.15) is 42.4 Å². The average Bonchev–Trinajstić information content (AvgIpc) is 3.32. The van der Waals surface area contributed by atoms with Crippen LogP contribution >= 0.6 is 0 Å². The summed E-state index contributed by atoms with van der Waals surface area (Å²) in [5.41, 5.74) is 2.53. The van der Waals surface area contributed by atoms with Crippen LogP contribution in [0.4, 0.5) is 0 Å². The van der Waals surface area contributed by atoms with Gasteiger partial charge in [-0.25, -0.2) is 8.42 Å². The molecule has 0 N–H and O–H groups in total. The van der Waals surface area contributed by atoms with Gasteiger partial charge in [0.15, 0.2) is 0 Å². The van der Waals surface area contributed by atoms with Crippen LogP contribution in [0.3, 0.4) is 0 Å². The number of carbonyl (C=O) groups excluding carboxylic acids is 1. The van der Waals surface area contributed by atoms with Gasteiger partial charge in [0.2, 0.25) is 15.9 Å². The number of aryl methyl sites for hydroxylation is 2. The number of pyridine rings is 1.